The third-order valence-corrected chi connectivity index (χ3v) is 3.16. The highest BCUT2D eigenvalue weighted by Crippen LogP contribution is 2.15. The Labute approximate surface area is 115 Å². The van der Waals surface area contributed by atoms with Gasteiger partial charge in [0.25, 0.3) is 5.91 Å². The topological polar surface area (TPSA) is 71.5 Å². The number of nitrogens with zero attached hydrogens (tertiary/aromatic N) is 2. The lowest BCUT2D eigenvalue weighted by atomic mass is 10.3. The molecule has 0 spiro atoms. The Morgan fingerprint density at radius 3 is 3.05 bits per heavy atom. The summed E-state index contributed by atoms with van der Waals surface area (Å²) < 4.78 is 4.52. The number of rotatable bonds is 2. The summed E-state index contributed by atoms with van der Waals surface area (Å²) in [5.74, 6) is -0.184. The lowest BCUT2D eigenvalue weighted by molar-refractivity contribution is 0.0782. The summed E-state index contributed by atoms with van der Waals surface area (Å²) in [6, 6.07) is 3.06. The van der Waals surface area contributed by atoms with Crippen molar-refractivity contribution in [2.75, 3.05) is 20.2 Å². The number of hydrogen-bond donors (Lipinski definition) is 1. The molecule has 1 fully saturated rings. The van der Waals surface area contributed by atoms with Gasteiger partial charge in [-0.2, -0.15) is 0 Å². The molecule has 102 valence electrons. The number of pyridine rings is 1. The monoisotopic (exact) mass is 283 g/mol. The minimum Gasteiger partial charge on any atom is -0.453 e. The standard InChI is InChI=1S/C12H14ClN3O3/c1-19-12(18)15-9-3-5-16(7-9)11(17)10-6-8(13)2-4-14-10/h2,4,6,9H,3,5,7H2,1H3,(H,15,18). The van der Waals surface area contributed by atoms with Gasteiger partial charge in [0.1, 0.15) is 5.69 Å². The zero-order valence-corrected chi connectivity index (χ0v) is 11.2. The van der Waals surface area contributed by atoms with Gasteiger partial charge in [-0.15, -0.1) is 0 Å². The highest BCUT2D eigenvalue weighted by molar-refractivity contribution is 6.30. The van der Waals surface area contributed by atoms with Crippen LogP contribution in [0.2, 0.25) is 5.02 Å². The van der Waals surface area contributed by atoms with Crippen molar-refractivity contribution in [2.45, 2.75) is 12.5 Å². The maximum absolute atomic E-state index is 12.2. The van der Waals surface area contributed by atoms with Gasteiger partial charge in [-0.05, 0) is 18.6 Å². The van der Waals surface area contributed by atoms with Crippen LogP contribution in [0.25, 0.3) is 0 Å². The summed E-state index contributed by atoms with van der Waals surface area (Å²) in [7, 11) is 1.31. The van der Waals surface area contributed by atoms with E-state index < -0.39 is 6.09 Å². The van der Waals surface area contributed by atoms with Gasteiger partial charge >= 0.3 is 6.09 Å². The molecule has 0 aliphatic carbocycles. The van der Waals surface area contributed by atoms with Gasteiger partial charge in [-0.1, -0.05) is 11.6 Å². The van der Waals surface area contributed by atoms with E-state index in [0.29, 0.717) is 30.2 Å². The van der Waals surface area contributed by atoms with Gasteiger partial charge < -0.3 is 15.0 Å². The molecular formula is C12H14ClN3O3. The van der Waals surface area contributed by atoms with Crippen molar-refractivity contribution in [3.63, 3.8) is 0 Å². The van der Waals surface area contributed by atoms with E-state index in [9.17, 15) is 9.59 Å². The molecule has 1 N–H and O–H groups in total. The van der Waals surface area contributed by atoms with Crippen molar-refractivity contribution in [1.29, 1.82) is 0 Å². The molecule has 2 rings (SSSR count). The molecule has 1 atom stereocenters. The van der Waals surface area contributed by atoms with Gasteiger partial charge in [0.15, 0.2) is 0 Å². The molecule has 1 aromatic heterocycles. The zero-order chi connectivity index (χ0) is 13.8. The van der Waals surface area contributed by atoms with Crippen LogP contribution in [0.15, 0.2) is 18.3 Å². The first kappa shape index (κ1) is 13.6. The first-order valence-electron chi connectivity index (χ1n) is 5.85. The van der Waals surface area contributed by atoms with Gasteiger partial charge in [-0.25, -0.2) is 4.79 Å². The Morgan fingerprint density at radius 2 is 2.37 bits per heavy atom. The van der Waals surface area contributed by atoms with Crippen LogP contribution in [0.1, 0.15) is 16.9 Å². The second kappa shape index (κ2) is 5.88. The number of amides is 2. The van der Waals surface area contributed by atoms with Gasteiger partial charge in [-0.3, -0.25) is 9.78 Å². The summed E-state index contributed by atoms with van der Waals surface area (Å²) in [5.41, 5.74) is 0.311. The van der Waals surface area contributed by atoms with Crippen molar-refractivity contribution in [1.82, 2.24) is 15.2 Å². The van der Waals surface area contributed by atoms with E-state index in [2.05, 4.69) is 15.0 Å². The van der Waals surface area contributed by atoms with Gasteiger partial charge in [0.05, 0.1) is 13.2 Å². The van der Waals surface area contributed by atoms with Crippen LogP contribution in [0.4, 0.5) is 4.79 Å². The number of likely N-dealkylation sites (tertiary alicyclic amines) is 1. The average molecular weight is 284 g/mol. The maximum atomic E-state index is 12.2. The summed E-state index contributed by atoms with van der Waals surface area (Å²) in [5, 5.41) is 3.15. The van der Waals surface area contributed by atoms with E-state index in [4.69, 9.17) is 11.6 Å². The van der Waals surface area contributed by atoms with Crippen molar-refractivity contribution < 1.29 is 14.3 Å². The van der Waals surface area contributed by atoms with Crippen LogP contribution in [0.5, 0.6) is 0 Å². The number of carbonyl (C=O) groups is 2. The highest BCUT2D eigenvalue weighted by Gasteiger charge is 2.28. The molecule has 0 saturated carbocycles. The summed E-state index contributed by atoms with van der Waals surface area (Å²) in [6.45, 7) is 1.02. The second-order valence-electron chi connectivity index (χ2n) is 4.23. The number of aromatic nitrogens is 1. The molecule has 1 aliphatic rings. The quantitative estimate of drug-likeness (QED) is 0.888. The lowest BCUT2D eigenvalue weighted by Crippen LogP contribution is -2.38. The smallest absolute Gasteiger partial charge is 0.407 e. The maximum Gasteiger partial charge on any atom is 0.407 e. The van der Waals surface area contributed by atoms with E-state index in [0.717, 1.165) is 0 Å². The SMILES string of the molecule is COC(=O)NC1CCN(C(=O)c2cc(Cl)ccn2)C1. The number of nitrogens with one attached hydrogen (secondary N) is 1. The first-order valence-corrected chi connectivity index (χ1v) is 6.23. The fourth-order valence-electron chi connectivity index (χ4n) is 1.97. The van der Waals surface area contributed by atoms with Gasteiger partial charge in [0, 0.05) is 24.3 Å². The molecule has 2 amide bonds. The Bertz CT molecular complexity index is 495. The molecule has 1 unspecified atom stereocenters. The van der Waals surface area contributed by atoms with Crippen LogP contribution >= 0.6 is 11.6 Å². The van der Waals surface area contributed by atoms with E-state index in [1.165, 1.54) is 19.4 Å². The van der Waals surface area contributed by atoms with E-state index in [1.807, 2.05) is 0 Å². The largest absolute Gasteiger partial charge is 0.453 e. The molecule has 2 heterocycles. The molecular weight excluding hydrogens is 270 g/mol. The summed E-state index contributed by atoms with van der Waals surface area (Å²) in [6.07, 6.45) is 1.71. The Balaban J connectivity index is 1.97. The normalized spacial score (nSPS) is 18.2. The molecule has 1 aromatic rings. The lowest BCUT2D eigenvalue weighted by Gasteiger charge is -2.16. The molecule has 0 aromatic carbocycles. The van der Waals surface area contributed by atoms with Crippen molar-refractivity contribution in [3.8, 4) is 0 Å². The average Bonchev–Trinajstić information content (AvgIpc) is 2.86. The van der Waals surface area contributed by atoms with Crippen LogP contribution in [-0.4, -0.2) is 48.1 Å². The zero-order valence-electron chi connectivity index (χ0n) is 10.4. The number of carbonyl (C=O) groups excluding carboxylic acids is 2. The third kappa shape index (κ3) is 3.35. The third-order valence-electron chi connectivity index (χ3n) is 2.92. The molecule has 0 bridgehead atoms. The molecule has 7 heteroatoms. The van der Waals surface area contributed by atoms with Crippen molar-refractivity contribution >= 4 is 23.6 Å². The number of methoxy groups -OCH3 is 1. The van der Waals surface area contributed by atoms with Crippen LogP contribution < -0.4 is 5.32 Å². The van der Waals surface area contributed by atoms with Crippen molar-refractivity contribution in [3.05, 3.63) is 29.0 Å². The van der Waals surface area contributed by atoms with E-state index in [-0.39, 0.29) is 11.9 Å². The summed E-state index contributed by atoms with van der Waals surface area (Å²) >= 11 is 5.83. The number of hydrogen-bond acceptors (Lipinski definition) is 4. The molecule has 19 heavy (non-hydrogen) atoms. The molecule has 1 saturated heterocycles. The van der Waals surface area contributed by atoms with E-state index >= 15 is 0 Å². The summed E-state index contributed by atoms with van der Waals surface area (Å²) in [4.78, 5) is 28.9. The predicted octanol–water partition coefficient (Wildman–Crippen LogP) is 1.31. The van der Waals surface area contributed by atoms with Crippen LogP contribution in [-0.2, 0) is 4.74 Å². The molecule has 0 radical (unpaired) electrons. The fourth-order valence-corrected chi connectivity index (χ4v) is 2.13. The predicted molar refractivity (Wildman–Crippen MR) is 69.1 cm³/mol. The van der Waals surface area contributed by atoms with Crippen LogP contribution in [0, 0.1) is 0 Å². The fraction of sp³-hybridized carbons (Fsp3) is 0.417. The number of alkyl carbamates (subject to hydrolysis) is 1. The van der Waals surface area contributed by atoms with Crippen LogP contribution in [0.3, 0.4) is 0 Å². The highest BCUT2D eigenvalue weighted by atomic mass is 35.5. The molecule has 1 aliphatic heterocycles. The van der Waals surface area contributed by atoms with E-state index in [1.54, 1.807) is 11.0 Å². The van der Waals surface area contributed by atoms with Gasteiger partial charge in [0.2, 0.25) is 0 Å². The minimum atomic E-state index is -0.486. The Hall–Kier alpha value is -1.82. The molecule has 6 nitrogen and oxygen atoms in total. The minimum absolute atomic E-state index is 0.0874. The first-order chi connectivity index (χ1) is 9.10. The number of ether oxygens (including phenoxy) is 1. The van der Waals surface area contributed by atoms with Crippen molar-refractivity contribution in [2.24, 2.45) is 0 Å². The Kier molecular flexibility index (Phi) is 4.21. The Morgan fingerprint density at radius 1 is 1.58 bits per heavy atom. The number of halogens is 1. The second-order valence-corrected chi connectivity index (χ2v) is 4.67.